The molecule has 5 rings (SSSR count). The summed E-state index contributed by atoms with van der Waals surface area (Å²) in [5.74, 6) is 1.44. The normalized spacial score (nSPS) is 24.3. The van der Waals surface area contributed by atoms with Crippen molar-refractivity contribution in [1.29, 1.82) is 0 Å². The second kappa shape index (κ2) is 11.2. The first-order valence-electron chi connectivity index (χ1n) is 11.9. The molecule has 3 aliphatic rings. The maximum absolute atomic E-state index is 10.3. The van der Waals surface area contributed by atoms with Crippen LogP contribution >= 0.6 is 24.8 Å². The molecule has 3 aliphatic carbocycles. The number of aliphatic hydroxyl groups is 1. The molecule has 3 fully saturated rings. The van der Waals surface area contributed by atoms with E-state index in [1.54, 1.807) is 0 Å². The minimum atomic E-state index is -0.0369. The van der Waals surface area contributed by atoms with Crippen LogP contribution in [0.4, 0.5) is 11.8 Å². The Labute approximate surface area is 202 Å². The number of rotatable bonds is 6. The lowest BCUT2D eigenvalue weighted by molar-refractivity contribution is 0.275. The van der Waals surface area contributed by atoms with Gasteiger partial charge in [0.25, 0.3) is 0 Å². The molecule has 0 aromatic carbocycles. The Morgan fingerprint density at radius 3 is 2.28 bits per heavy atom. The van der Waals surface area contributed by atoms with Gasteiger partial charge in [-0.1, -0.05) is 25.7 Å². The molecule has 0 unspecified atom stereocenters. The van der Waals surface area contributed by atoms with Crippen molar-refractivity contribution < 1.29 is 5.11 Å². The second-order valence-corrected chi connectivity index (χ2v) is 9.44. The number of fused-ring (bicyclic) bond motifs is 1. The highest BCUT2D eigenvalue weighted by Gasteiger charge is 2.29. The van der Waals surface area contributed by atoms with Crippen LogP contribution < -0.4 is 16.0 Å². The molecule has 0 bridgehead atoms. The first-order valence-corrected chi connectivity index (χ1v) is 11.9. The van der Waals surface area contributed by atoms with Gasteiger partial charge in [-0.15, -0.1) is 24.8 Å². The van der Waals surface area contributed by atoms with Crippen LogP contribution in [0.2, 0.25) is 0 Å². The summed E-state index contributed by atoms with van der Waals surface area (Å²) in [4.78, 5) is 16.6. The van der Waals surface area contributed by atoms with Crippen molar-refractivity contribution in [3.05, 3.63) is 6.33 Å². The molecule has 32 heavy (non-hydrogen) atoms. The molecule has 0 atom stereocenters. The molecule has 4 N–H and O–H groups in total. The van der Waals surface area contributed by atoms with E-state index < -0.39 is 0 Å². The van der Waals surface area contributed by atoms with Crippen molar-refractivity contribution in [2.45, 2.75) is 101 Å². The molecular weight excluding hydrogens is 449 g/mol. The predicted octanol–water partition coefficient (Wildman–Crippen LogP) is 4.17. The fourth-order valence-corrected chi connectivity index (χ4v) is 5.63. The SMILES string of the molecule is Cl.Cl.NC1CCC(Nc2nc(N(CO)C3CCCC3)c3ncn(C4CCCC4)c3n2)CC1. The Balaban J connectivity index is 0.00000144. The summed E-state index contributed by atoms with van der Waals surface area (Å²) in [6.45, 7) is -0.0369. The zero-order valence-corrected chi connectivity index (χ0v) is 20.3. The third-order valence-electron chi connectivity index (χ3n) is 7.42. The van der Waals surface area contributed by atoms with E-state index in [0.717, 1.165) is 55.5 Å². The fourth-order valence-electron chi connectivity index (χ4n) is 5.63. The van der Waals surface area contributed by atoms with Gasteiger partial charge in [-0.05, 0) is 51.4 Å². The van der Waals surface area contributed by atoms with Crippen LogP contribution in [-0.2, 0) is 0 Å². The number of halogens is 2. The smallest absolute Gasteiger partial charge is 0.227 e. The molecule has 2 aromatic rings. The van der Waals surface area contributed by atoms with Crippen LogP contribution in [0.3, 0.4) is 0 Å². The number of aromatic nitrogens is 4. The number of imidazole rings is 1. The molecule has 10 heteroatoms. The van der Waals surface area contributed by atoms with Gasteiger partial charge in [0, 0.05) is 24.2 Å². The molecule has 0 amide bonds. The maximum atomic E-state index is 10.3. The van der Waals surface area contributed by atoms with Crippen molar-refractivity contribution in [3.63, 3.8) is 0 Å². The number of nitrogens with one attached hydrogen (secondary N) is 1. The summed E-state index contributed by atoms with van der Waals surface area (Å²) in [5, 5.41) is 13.8. The Kier molecular flexibility index (Phi) is 8.83. The van der Waals surface area contributed by atoms with Crippen molar-refractivity contribution in [1.82, 2.24) is 19.5 Å². The monoisotopic (exact) mass is 485 g/mol. The van der Waals surface area contributed by atoms with Crippen molar-refractivity contribution >= 4 is 47.7 Å². The standard InChI is InChI=1S/C22H35N7O.2ClH/c23-15-9-11-16(12-10-15)25-22-26-20-19(24-13-28(20)17-5-1-2-6-17)21(27-22)29(14-30)18-7-3-4-8-18;;/h13,15-18,30H,1-12,14,23H2,(H,25,26,27);2*1H. The number of aliphatic hydroxyl groups excluding tert-OH is 1. The van der Waals surface area contributed by atoms with Gasteiger partial charge in [-0.25, -0.2) is 4.98 Å². The van der Waals surface area contributed by atoms with Crippen LogP contribution in [0.5, 0.6) is 0 Å². The van der Waals surface area contributed by atoms with E-state index >= 15 is 0 Å². The maximum Gasteiger partial charge on any atom is 0.227 e. The summed E-state index contributed by atoms with van der Waals surface area (Å²) in [5.41, 5.74) is 7.81. The summed E-state index contributed by atoms with van der Waals surface area (Å²) in [6, 6.07) is 1.46. The van der Waals surface area contributed by atoms with Gasteiger partial charge in [0.05, 0.1) is 6.33 Å². The lowest BCUT2D eigenvalue weighted by atomic mass is 9.92. The van der Waals surface area contributed by atoms with Gasteiger partial charge in [-0.3, -0.25) is 0 Å². The van der Waals surface area contributed by atoms with E-state index in [1.165, 1.54) is 38.5 Å². The van der Waals surface area contributed by atoms with Gasteiger partial charge >= 0.3 is 0 Å². The number of hydrogen-bond acceptors (Lipinski definition) is 7. The minimum absolute atomic E-state index is 0. The summed E-state index contributed by atoms with van der Waals surface area (Å²) in [7, 11) is 0. The third kappa shape index (κ3) is 5.08. The fraction of sp³-hybridized carbons (Fsp3) is 0.773. The van der Waals surface area contributed by atoms with E-state index in [2.05, 4.69) is 9.88 Å². The molecule has 0 radical (unpaired) electrons. The largest absolute Gasteiger partial charge is 0.376 e. The van der Waals surface area contributed by atoms with Crippen LogP contribution in [0, 0.1) is 0 Å². The average molecular weight is 486 g/mol. The van der Waals surface area contributed by atoms with Crippen molar-refractivity contribution in [2.24, 2.45) is 5.73 Å². The van der Waals surface area contributed by atoms with Gasteiger partial charge in [0.15, 0.2) is 17.0 Å². The van der Waals surface area contributed by atoms with E-state index in [4.69, 9.17) is 20.7 Å². The first kappa shape index (κ1) is 25.3. The Morgan fingerprint density at radius 2 is 1.62 bits per heavy atom. The van der Waals surface area contributed by atoms with Crippen LogP contribution in [0.1, 0.15) is 83.1 Å². The lowest BCUT2D eigenvalue weighted by Crippen LogP contribution is -2.36. The minimum Gasteiger partial charge on any atom is -0.376 e. The molecule has 180 valence electrons. The molecule has 8 nitrogen and oxygen atoms in total. The lowest BCUT2D eigenvalue weighted by Gasteiger charge is -2.29. The zero-order chi connectivity index (χ0) is 20.5. The van der Waals surface area contributed by atoms with Gasteiger partial charge in [0.1, 0.15) is 6.73 Å². The van der Waals surface area contributed by atoms with Gasteiger partial charge < -0.3 is 25.6 Å². The average Bonchev–Trinajstić information content (AvgIpc) is 3.52. The number of nitrogens with two attached hydrogens (primary N) is 1. The number of nitrogens with zero attached hydrogens (tertiary/aromatic N) is 5. The summed E-state index contributed by atoms with van der Waals surface area (Å²) in [6.07, 6.45) is 15.6. The Morgan fingerprint density at radius 1 is 0.969 bits per heavy atom. The third-order valence-corrected chi connectivity index (χ3v) is 7.42. The molecule has 3 saturated carbocycles. The quantitative estimate of drug-likeness (QED) is 0.527. The molecule has 0 saturated heterocycles. The highest BCUT2D eigenvalue weighted by molar-refractivity contribution is 5.86. The first-order chi connectivity index (χ1) is 14.7. The van der Waals surface area contributed by atoms with E-state index in [9.17, 15) is 5.11 Å². The van der Waals surface area contributed by atoms with Crippen molar-refractivity contribution in [3.8, 4) is 0 Å². The Bertz CT molecular complexity index is 859. The molecule has 2 heterocycles. The van der Waals surface area contributed by atoms with E-state index in [-0.39, 0.29) is 31.5 Å². The summed E-state index contributed by atoms with van der Waals surface area (Å²) >= 11 is 0. The summed E-state index contributed by atoms with van der Waals surface area (Å²) < 4.78 is 2.25. The topological polar surface area (TPSA) is 105 Å². The molecule has 0 aliphatic heterocycles. The predicted molar refractivity (Wildman–Crippen MR) is 133 cm³/mol. The highest BCUT2D eigenvalue weighted by Crippen LogP contribution is 2.36. The van der Waals surface area contributed by atoms with Gasteiger partial charge in [-0.2, -0.15) is 9.97 Å². The molecule has 2 aromatic heterocycles. The van der Waals surface area contributed by atoms with Crippen LogP contribution in [0.15, 0.2) is 6.33 Å². The number of anilines is 2. The van der Waals surface area contributed by atoms with Crippen LogP contribution in [0.25, 0.3) is 11.2 Å². The van der Waals surface area contributed by atoms with Crippen LogP contribution in [-0.4, -0.2) is 49.5 Å². The van der Waals surface area contributed by atoms with E-state index in [1.807, 2.05) is 11.2 Å². The zero-order valence-electron chi connectivity index (χ0n) is 18.7. The molecule has 0 spiro atoms. The van der Waals surface area contributed by atoms with Gasteiger partial charge in [0.2, 0.25) is 5.95 Å². The molecular formula is C22H37Cl2N7O. The number of hydrogen-bond donors (Lipinski definition) is 3. The highest BCUT2D eigenvalue weighted by atomic mass is 35.5. The Hall–Kier alpha value is -1.35. The van der Waals surface area contributed by atoms with E-state index in [0.29, 0.717) is 30.1 Å². The van der Waals surface area contributed by atoms with Crippen molar-refractivity contribution in [2.75, 3.05) is 16.9 Å². The second-order valence-electron chi connectivity index (χ2n) is 9.44.